The maximum atomic E-state index is 10.3. The molecule has 6 aliphatic rings. The second-order valence-electron chi connectivity index (χ2n) is 39.5. The Morgan fingerprint density at radius 1 is 0.278 bits per heavy atom. The van der Waals surface area contributed by atoms with Crippen LogP contribution in [0.15, 0.2) is 346 Å². The van der Waals surface area contributed by atoms with Gasteiger partial charge in [-0.25, -0.2) is 0 Å². The highest BCUT2D eigenvalue weighted by molar-refractivity contribution is 7.00. The zero-order valence-corrected chi connectivity index (χ0v) is 73.8. The summed E-state index contributed by atoms with van der Waals surface area (Å²) >= 11 is 0. The summed E-state index contributed by atoms with van der Waals surface area (Å²) in [6, 6.07) is 117. The van der Waals surface area contributed by atoms with E-state index in [0.717, 1.165) is 93.0 Å². The molecule has 16 aromatic carbocycles. The van der Waals surface area contributed by atoms with E-state index in [4.69, 9.17) is 0 Å². The van der Waals surface area contributed by atoms with Gasteiger partial charge >= 0.3 is 0 Å². The standard InChI is InChI=1S/C122H108BN3/c1-118(2,3)85-60-67-111-99(74-85)100-75-86(119(4,5)6)61-68-112(100)126(111)88-62-65-109-114(78-88)125(70-36-13-11-16-40-81-42-20-22-44-90(81)84-58-64-98-96-50-28-34-56-106(96)122(108(98)72-84)103-53-31-25-47-93(103)94-48-26-32-54-104(94)122)116-77-87(120(7,8)9)76-115-117(116)123(109)110-73-82(79-37-17-14-18-38-79)59-66-113(110)124(115)69-35-12-10-15-39-80-41-19-21-43-89(80)83-57-63-97-95-49-27-33-55-105(95)121(107(97)71-83)101-51-29-23-45-91(101)92-46-24-30-52-102(92)121/h14,17-34,37-38,41-68,71-78H,10-13,15-16,35-36,39-40,69-70H2,1-9H3/i60D,61D,67D,68D,74D,75D. The average Bonchev–Trinajstić information content (AvgIpc) is 1.50. The predicted molar refractivity (Wildman–Crippen MR) is 535 cm³/mol. The largest absolute Gasteiger partial charge is 0.342 e. The summed E-state index contributed by atoms with van der Waals surface area (Å²) in [6.45, 7) is 20.3. The zero-order valence-electron chi connectivity index (χ0n) is 79.8. The van der Waals surface area contributed by atoms with Crippen LogP contribution < -0.4 is 26.2 Å². The average molecular weight is 1630 g/mol. The summed E-state index contributed by atoms with van der Waals surface area (Å²) in [7, 11) is 0. The predicted octanol–water partition coefficient (Wildman–Crippen LogP) is 29.4. The Balaban J connectivity index is 0.600. The summed E-state index contributed by atoms with van der Waals surface area (Å²) in [5.74, 6) is 0. The maximum Gasteiger partial charge on any atom is 0.252 e. The van der Waals surface area contributed by atoms with Gasteiger partial charge < -0.3 is 14.4 Å². The summed E-state index contributed by atoms with van der Waals surface area (Å²) < 4.78 is 62.6. The highest BCUT2D eigenvalue weighted by atomic mass is 15.2. The fraction of sp³-hybridized carbons (Fsp3) is 0.213. The lowest BCUT2D eigenvalue weighted by atomic mass is 9.33. The van der Waals surface area contributed by atoms with E-state index < -0.39 is 21.7 Å². The Morgan fingerprint density at radius 3 is 1.08 bits per heavy atom. The summed E-state index contributed by atoms with van der Waals surface area (Å²) in [6.07, 6.45) is 9.98. The third-order valence-electron chi connectivity index (χ3n) is 29.1. The van der Waals surface area contributed by atoms with E-state index in [1.807, 2.05) is 46.1 Å². The number of hydrogen-bond donors (Lipinski definition) is 0. The van der Waals surface area contributed by atoms with Gasteiger partial charge in [-0.1, -0.05) is 367 Å². The van der Waals surface area contributed by atoms with Gasteiger partial charge in [0.05, 0.1) is 30.1 Å². The van der Waals surface area contributed by atoms with Crippen molar-refractivity contribution in [3.8, 4) is 83.6 Å². The molecule has 2 aliphatic heterocycles. The normalized spacial score (nSPS) is 14.9. The van der Waals surface area contributed by atoms with E-state index in [0.29, 0.717) is 45.2 Å². The second kappa shape index (κ2) is 29.8. The van der Waals surface area contributed by atoms with E-state index in [-0.39, 0.29) is 48.4 Å². The number of aromatic nitrogens is 1. The smallest absolute Gasteiger partial charge is 0.252 e. The molecular formula is C122H108BN3. The Kier molecular flexibility index (Phi) is 16.9. The molecule has 0 radical (unpaired) electrons. The van der Waals surface area contributed by atoms with Gasteiger partial charge in [-0.15, -0.1) is 0 Å². The first-order valence-electron chi connectivity index (χ1n) is 49.2. The number of aryl methyl sites for hydroxylation is 2. The van der Waals surface area contributed by atoms with Crippen LogP contribution in [0.4, 0.5) is 22.7 Å². The minimum atomic E-state index is -0.697. The Morgan fingerprint density at radius 2 is 0.651 bits per heavy atom. The van der Waals surface area contributed by atoms with Crippen molar-refractivity contribution in [2.45, 2.75) is 154 Å². The van der Waals surface area contributed by atoms with Crippen LogP contribution in [0.25, 0.3) is 105 Å². The molecule has 0 atom stereocenters. The van der Waals surface area contributed by atoms with E-state index in [9.17, 15) is 8.22 Å². The van der Waals surface area contributed by atoms with Gasteiger partial charge in [0.1, 0.15) is 0 Å². The van der Waals surface area contributed by atoms with Crippen molar-refractivity contribution < 1.29 is 8.22 Å². The van der Waals surface area contributed by atoms with Crippen LogP contribution in [0.3, 0.4) is 0 Å². The van der Waals surface area contributed by atoms with E-state index >= 15 is 0 Å². The van der Waals surface area contributed by atoms with Gasteiger partial charge in [-0.2, -0.15) is 0 Å². The van der Waals surface area contributed by atoms with Crippen LogP contribution in [0.1, 0.15) is 194 Å². The molecule has 0 fully saturated rings. The molecule has 4 aliphatic carbocycles. The molecule has 0 bridgehead atoms. The SMILES string of the molecule is [2H]c1c(C(C)(C)C)c([2H])c2c3c([2H])c(C(C)(C)C)c([2H])c([2H])c3n(-c3ccc4c(c3)N(CCCCCCc3ccccc3-c3ccc5c(c3)C3(c6ccccc6-c6ccccc63)c3ccccc3-5)c3cc(C(C)(C)C)cc5c3B4c3cc(-c4ccccc4)ccc3N5CCCCCCc3ccccc3-c3ccc4c(c3)C3(c5ccccc5-c5ccccc53)c3ccccc3-4)c2c1[2H]. The molecule has 3 nitrogen and oxygen atoms in total. The first-order chi connectivity index (χ1) is 64.0. The minimum Gasteiger partial charge on any atom is -0.342 e. The molecule has 0 unspecified atom stereocenters. The topological polar surface area (TPSA) is 11.4 Å². The number of hydrogen-bond acceptors (Lipinski definition) is 2. The van der Waals surface area contributed by atoms with Gasteiger partial charge in [0, 0.05) is 52.3 Å². The minimum absolute atomic E-state index is 0.0402. The van der Waals surface area contributed by atoms with Crippen LogP contribution >= 0.6 is 0 Å². The fourth-order valence-corrected chi connectivity index (χ4v) is 23.1. The van der Waals surface area contributed by atoms with Gasteiger partial charge in [0.2, 0.25) is 0 Å². The maximum absolute atomic E-state index is 10.3. The van der Waals surface area contributed by atoms with Crippen molar-refractivity contribution in [3.63, 3.8) is 0 Å². The van der Waals surface area contributed by atoms with Gasteiger partial charge in [0.25, 0.3) is 6.71 Å². The van der Waals surface area contributed by atoms with Crippen molar-refractivity contribution in [2.24, 2.45) is 0 Å². The van der Waals surface area contributed by atoms with Crippen LogP contribution in [-0.4, -0.2) is 24.4 Å². The molecule has 0 amide bonds. The number of nitrogens with zero attached hydrogens (tertiary/aromatic N) is 3. The highest BCUT2D eigenvalue weighted by Crippen LogP contribution is 2.65. The number of benzene rings is 16. The van der Waals surface area contributed by atoms with Crippen molar-refractivity contribution in [1.29, 1.82) is 0 Å². The molecule has 2 spiro atoms. The molecule has 0 saturated carbocycles. The number of fused-ring (bicyclic) bond motifs is 27. The molecule has 4 heteroatoms. The number of anilines is 4. The molecule has 614 valence electrons. The van der Waals surface area contributed by atoms with Crippen LogP contribution in [-0.2, 0) is 39.9 Å². The fourth-order valence-electron chi connectivity index (χ4n) is 23.1. The van der Waals surface area contributed by atoms with Crippen LogP contribution in [0, 0.1) is 0 Å². The second-order valence-corrected chi connectivity index (χ2v) is 39.5. The van der Waals surface area contributed by atoms with Crippen molar-refractivity contribution in [3.05, 3.63) is 418 Å². The number of unbranched alkanes of at least 4 members (excludes halogenated alkanes) is 6. The summed E-state index contributed by atoms with van der Waals surface area (Å²) in [4.78, 5) is 5.29. The highest BCUT2D eigenvalue weighted by Gasteiger charge is 2.54. The quantitative estimate of drug-likeness (QED) is 0.0627. The Labute approximate surface area is 753 Å². The van der Waals surface area contributed by atoms with Crippen LogP contribution in [0.5, 0.6) is 0 Å². The van der Waals surface area contributed by atoms with E-state index in [1.54, 1.807) is 0 Å². The Hall–Kier alpha value is -13.0. The molecule has 0 saturated heterocycles. The lowest BCUT2D eigenvalue weighted by molar-refractivity contribution is 0.589. The third-order valence-corrected chi connectivity index (χ3v) is 29.1. The monoisotopic (exact) mass is 1630 g/mol. The zero-order chi connectivity index (χ0) is 90.3. The summed E-state index contributed by atoms with van der Waals surface area (Å²) in [5.41, 5.74) is 40.6. The van der Waals surface area contributed by atoms with Gasteiger partial charge in [-0.3, -0.25) is 0 Å². The van der Waals surface area contributed by atoms with E-state index in [1.165, 1.54) is 156 Å². The third kappa shape index (κ3) is 12.1. The number of rotatable bonds is 18. The first kappa shape index (κ1) is 71.3. The van der Waals surface area contributed by atoms with Crippen molar-refractivity contribution in [1.82, 2.24) is 4.57 Å². The Bertz CT molecular complexity index is 7440. The molecule has 23 rings (SSSR count). The van der Waals surface area contributed by atoms with Crippen LogP contribution in [0.2, 0.25) is 0 Å². The summed E-state index contributed by atoms with van der Waals surface area (Å²) in [5, 5.41) is 0.757. The van der Waals surface area contributed by atoms with Crippen molar-refractivity contribution >= 4 is 67.7 Å². The molecule has 17 aromatic rings. The van der Waals surface area contributed by atoms with Crippen molar-refractivity contribution in [2.75, 3.05) is 22.9 Å². The lowest BCUT2D eigenvalue weighted by Gasteiger charge is -2.45. The molecule has 126 heavy (non-hydrogen) atoms. The van der Waals surface area contributed by atoms with Gasteiger partial charge in [0.15, 0.2) is 0 Å². The molecular weight excluding hydrogens is 1520 g/mol. The van der Waals surface area contributed by atoms with E-state index in [2.05, 4.69) is 340 Å². The molecule has 3 heterocycles. The molecule has 1 aromatic heterocycles. The first-order valence-corrected chi connectivity index (χ1v) is 46.2. The van der Waals surface area contributed by atoms with Gasteiger partial charge in [-0.05, 0) is 288 Å². The lowest BCUT2D eigenvalue weighted by Crippen LogP contribution is -2.62. The molecule has 0 N–H and O–H groups in total.